The van der Waals surface area contributed by atoms with E-state index in [0.717, 1.165) is 28.8 Å². The minimum atomic E-state index is -0.975. The molecule has 1 atom stereocenters. The van der Waals surface area contributed by atoms with Gasteiger partial charge in [0.15, 0.2) is 0 Å². The van der Waals surface area contributed by atoms with Crippen molar-refractivity contribution >= 4 is 18.0 Å². The summed E-state index contributed by atoms with van der Waals surface area (Å²) in [5.74, 6) is -1.26. The van der Waals surface area contributed by atoms with E-state index in [1.54, 1.807) is 0 Å². The summed E-state index contributed by atoms with van der Waals surface area (Å²) in [5.41, 5.74) is 5.01. The first-order valence-electron chi connectivity index (χ1n) is 14.8. The van der Waals surface area contributed by atoms with Crippen molar-refractivity contribution in [1.82, 2.24) is 15.1 Å². The van der Waals surface area contributed by atoms with E-state index < -0.39 is 23.6 Å². The standard InChI is InChI=1S/C34H37N3O5/c38-31(37-18-8-15-30(37)32(39)40)21-34(16-19-36(20-17-34)22-24-9-2-1-3-10-24)35-33(41)42-23-29-27-13-6-4-11-25(27)26-12-5-7-14-28(26)29/h1-7,9-14,29-30H,8,15-23H2,(H,35,41)(H,39,40)/t30-/m0/s1. The van der Waals surface area contributed by atoms with Crippen LogP contribution in [0.2, 0.25) is 0 Å². The lowest BCUT2D eigenvalue weighted by Crippen LogP contribution is -2.58. The van der Waals surface area contributed by atoms with Crippen LogP contribution in [0.15, 0.2) is 78.9 Å². The minimum absolute atomic E-state index is 0.0557. The lowest BCUT2D eigenvalue weighted by molar-refractivity contribution is -0.149. The van der Waals surface area contributed by atoms with E-state index in [9.17, 15) is 19.5 Å². The largest absolute Gasteiger partial charge is 0.480 e. The molecule has 1 aliphatic carbocycles. The van der Waals surface area contributed by atoms with Crippen molar-refractivity contribution in [3.05, 3.63) is 95.6 Å². The van der Waals surface area contributed by atoms with Gasteiger partial charge in [-0.3, -0.25) is 9.69 Å². The molecule has 0 aromatic heterocycles. The van der Waals surface area contributed by atoms with Gasteiger partial charge in [0.2, 0.25) is 5.91 Å². The van der Waals surface area contributed by atoms with E-state index in [1.807, 2.05) is 42.5 Å². The maximum absolute atomic E-state index is 13.5. The number of carbonyl (C=O) groups excluding carboxylic acids is 2. The third kappa shape index (κ3) is 5.77. The molecule has 2 saturated heterocycles. The fourth-order valence-corrected chi connectivity index (χ4v) is 6.89. The van der Waals surface area contributed by atoms with Crippen molar-refractivity contribution in [2.24, 2.45) is 0 Å². The number of carbonyl (C=O) groups is 3. The molecule has 218 valence electrons. The topological polar surface area (TPSA) is 99.2 Å². The molecular formula is C34H37N3O5. The molecule has 2 fully saturated rings. The van der Waals surface area contributed by atoms with Gasteiger partial charge in [-0.1, -0.05) is 78.9 Å². The first-order valence-corrected chi connectivity index (χ1v) is 14.8. The number of benzene rings is 3. The summed E-state index contributed by atoms with van der Waals surface area (Å²) >= 11 is 0. The van der Waals surface area contributed by atoms with Crippen LogP contribution in [-0.4, -0.2) is 70.7 Å². The number of alkyl carbamates (subject to hydrolysis) is 1. The lowest BCUT2D eigenvalue weighted by Gasteiger charge is -2.42. The zero-order valence-corrected chi connectivity index (χ0v) is 23.7. The number of hydrogen-bond donors (Lipinski definition) is 2. The first kappa shape index (κ1) is 28.0. The molecule has 0 saturated carbocycles. The predicted octanol–water partition coefficient (Wildman–Crippen LogP) is 5.03. The van der Waals surface area contributed by atoms with Crippen LogP contribution in [0.5, 0.6) is 0 Å². The molecule has 2 amide bonds. The lowest BCUT2D eigenvalue weighted by atomic mass is 9.83. The second-order valence-electron chi connectivity index (χ2n) is 11.8. The van der Waals surface area contributed by atoms with Gasteiger partial charge in [-0.2, -0.15) is 0 Å². The van der Waals surface area contributed by atoms with Crippen LogP contribution < -0.4 is 5.32 Å². The van der Waals surface area contributed by atoms with Crippen molar-refractivity contribution in [2.45, 2.75) is 56.1 Å². The van der Waals surface area contributed by atoms with Crippen LogP contribution in [0.3, 0.4) is 0 Å². The zero-order valence-electron chi connectivity index (χ0n) is 23.7. The summed E-state index contributed by atoms with van der Waals surface area (Å²) in [6.45, 7) is 2.82. The molecule has 42 heavy (non-hydrogen) atoms. The number of likely N-dealkylation sites (tertiary alicyclic amines) is 2. The molecule has 2 N–H and O–H groups in total. The fraction of sp³-hybridized carbons (Fsp3) is 0.382. The summed E-state index contributed by atoms with van der Waals surface area (Å²) in [6.07, 6.45) is 1.78. The Labute approximate surface area is 246 Å². The molecule has 3 aromatic rings. The van der Waals surface area contributed by atoms with Gasteiger partial charge in [0.05, 0.1) is 12.0 Å². The van der Waals surface area contributed by atoms with Gasteiger partial charge in [-0.15, -0.1) is 0 Å². The maximum Gasteiger partial charge on any atom is 0.407 e. The Morgan fingerprint density at radius 3 is 2.12 bits per heavy atom. The number of carboxylic acid groups (broad SMARTS) is 1. The summed E-state index contributed by atoms with van der Waals surface area (Å²) in [4.78, 5) is 42.4. The van der Waals surface area contributed by atoms with Gasteiger partial charge in [-0.05, 0) is 53.5 Å². The molecular weight excluding hydrogens is 530 g/mol. The molecule has 8 heteroatoms. The SMILES string of the molecule is O=C(NC1(CC(=O)N2CCC[C@H]2C(=O)O)CCN(Cc2ccccc2)CC1)OCC1c2ccccc2-c2ccccc21. The van der Waals surface area contributed by atoms with Gasteiger partial charge < -0.3 is 20.1 Å². The quantitative estimate of drug-likeness (QED) is 0.396. The van der Waals surface area contributed by atoms with Crippen molar-refractivity contribution in [3.63, 3.8) is 0 Å². The average Bonchev–Trinajstić information content (AvgIpc) is 3.62. The number of piperidine rings is 1. The number of carboxylic acids is 1. The summed E-state index contributed by atoms with van der Waals surface area (Å²) in [7, 11) is 0. The van der Waals surface area contributed by atoms with Crippen molar-refractivity contribution in [1.29, 1.82) is 0 Å². The van der Waals surface area contributed by atoms with Crippen molar-refractivity contribution in [3.8, 4) is 11.1 Å². The molecule has 8 nitrogen and oxygen atoms in total. The zero-order chi connectivity index (χ0) is 29.1. The number of fused-ring (bicyclic) bond motifs is 3. The second kappa shape index (κ2) is 12.0. The van der Waals surface area contributed by atoms with Crippen LogP contribution in [0.4, 0.5) is 4.79 Å². The van der Waals surface area contributed by atoms with E-state index >= 15 is 0 Å². The maximum atomic E-state index is 13.5. The van der Waals surface area contributed by atoms with E-state index in [0.29, 0.717) is 45.3 Å². The van der Waals surface area contributed by atoms with Gasteiger partial charge in [-0.25, -0.2) is 9.59 Å². The van der Waals surface area contributed by atoms with Gasteiger partial charge in [0, 0.05) is 32.1 Å². The highest BCUT2D eigenvalue weighted by Crippen LogP contribution is 2.44. The third-order valence-electron chi connectivity index (χ3n) is 9.12. The number of amides is 2. The van der Waals surface area contributed by atoms with Crippen LogP contribution in [-0.2, 0) is 20.9 Å². The number of aliphatic carboxylic acids is 1. The molecule has 2 aliphatic heterocycles. The third-order valence-corrected chi connectivity index (χ3v) is 9.12. The van der Waals surface area contributed by atoms with Crippen LogP contribution in [0, 0.1) is 0 Å². The number of nitrogens with one attached hydrogen (secondary N) is 1. The Hall–Kier alpha value is -4.17. The molecule has 3 aliphatic rings. The van der Waals surface area contributed by atoms with Crippen LogP contribution in [0.25, 0.3) is 11.1 Å². The molecule has 6 rings (SSSR count). The van der Waals surface area contributed by atoms with E-state index in [2.05, 4.69) is 46.6 Å². The Balaban J connectivity index is 1.15. The summed E-state index contributed by atoms with van der Waals surface area (Å²) in [6, 6.07) is 25.8. The number of ether oxygens (including phenoxy) is 1. The number of nitrogens with zero attached hydrogens (tertiary/aromatic N) is 2. The minimum Gasteiger partial charge on any atom is -0.480 e. The monoisotopic (exact) mass is 567 g/mol. The Bertz CT molecular complexity index is 1400. The van der Waals surface area contributed by atoms with E-state index in [4.69, 9.17) is 4.74 Å². The van der Waals surface area contributed by atoms with Crippen molar-refractivity contribution < 1.29 is 24.2 Å². The average molecular weight is 568 g/mol. The Morgan fingerprint density at radius 2 is 1.48 bits per heavy atom. The van der Waals surface area contributed by atoms with Gasteiger partial charge in [0.1, 0.15) is 12.6 Å². The van der Waals surface area contributed by atoms with Crippen LogP contribution in [0.1, 0.15) is 54.7 Å². The van der Waals surface area contributed by atoms with E-state index in [-0.39, 0.29) is 24.9 Å². The van der Waals surface area contributed by atoms with Gasteiger partial charge >= 0.3 is 12.1 Å². The number of hydrogen-bond acceptors (Lipinski definition) is 5. The molecule has 0 radical (unpaired) electrons. The normalized spacial score (nSPS) is 19.6. The highest BCUT2D eigenvalue weighted by molar-refractivity contribution is 5.85. The van der Waals surface area contributed by atoms with E-state index in [1.165, 1.54) is 10.5 Å². The highest BCUT2D eigenvalue weighted by atomic mass is 16.5. The smallest absolute Gasteiger partial charge is 0.407 e. The first-order chi connectivity index (χ1) is 20.4. The highest BCUT2D eigenvalue weighted by Gasteiger charge is 2.42. The van der Waals surface area contributed by atoms with Crippen molar-refractivity contribution in [2.75, 3.05) is 26.2 Å². The predicted molar refractivity (Wildman–Crippen MR) is 159 cm³/mol. The summed E-state index contributed by atoms with van der Waals surface area (Å²) < 4.78 is 5.87. The Kier molecular flexibility index (Phi) is 7.98. The molecule has 0 bridgehead atoms. The fourth-order valence-electron chi connectivity index (χ4n) is 6.89. The molecule has 0 spiro atoms. The summed E-state index contributed by atoms with van der Waals surface area (Å²) in [5, 5.41) is 12.8. The molecule has 0 unspecified atom stereocenters. The van der Waals surface area contributed by atoms with Gasteiger partial charge in [0.25, 0.3) is 0 Å². The second-order valence-corrected chi connectivity index (χ2v) is 11.8. The Morgan fingerprint density at radius 1 is 0.857 bits per heavy atom. The molecule has 2 heterocycles. The van der Waals surface area contributed by atoms with Crippen LogP contribution >= 0.6 is 0 Å². The molecule has 3 aromatic carbocycles. The number of rotatable bonds is 8.